The first-order chi connectivity index (χ1) is 9.81. The first-order valence-corrected chi connectivity index (χ1v) is 7.65. The highest BCUT2D eigenvalue weighted by Gasteiger charge is 2.19. The zero-order valence-electron chi connectivity index (χ0n) is 12.4. The normalized spacial score (nSPS) is 18.6. The third kappa shape index (κ3) is 4.63. The van der Waals surface area contributed by atoms with Crippen molar-refractivity contribution in [3.8, 4) is 6.07 Å². The van der Waals surface area contributed by atoms with Crippen LogP contribution in [0.4, 0.5) is 0 Å². The van der Waals surface area contributed by atoms with Crippen molar-refractivity contribution in [2.45, 2.75) is 31.7 Å². The van der Waals surface area contributed by atoms with E-state index in [-0.39, 0.29) is 6.04 Å². The third-order valence-corrected chi connectivity index (χ3v) is 4.31. The summed E-state index contributed by atoms with van der Waals surface area (Å²) in [4.78, 5) is 2.50. The first-order valence-electron chi connectivity index (χ1n) is 7.65. The Morgan fingerprint density at radius 2 is 2.00 bits per heavy atom. The molecule has 1 N–H and O–H groups in total. The number of nitriles is 1. The quantitative estimate of drug-likeness (QED) is 0.864. The number of hydrogen-bond acceptors (Lipinski definition) is 3. The van der Waals surface area contributed by atoms with Crippen LogP contribution in [0.3, 0.4) is 0 Å². The molecule has 0 saturated carbocycles. The van der Waals surface area contributed by atoms with Gasteiger partial charge in [-0.3, -0.25) is 0 Å². The predicted molar refractivity (Wildman–Crippen MR) is 82.4 cm³/mol. The fourth-order valence-electron chi connectivity index (χ4n) is 2.95. The lowest BCUT2D eigenvalue weighted by atomic mass is 9.90. The van der Waals surface area contributed by atoms with Gasteiger partial charge in [0, 0.05) is 6.54 Å². The Bertz CT molecular complexity index is 416. The van der Waals surface area contributed by atoms with Crippen molar-refractivity contribution in [1.82, 2.24) is 10.2 Å². The van der Waals surface area contributed by atoms with E-state index in [4.69, 9.17) is 5.26 Å². The van der Waals surface area contributed by atoms with Crippen molar-refractivity contribution in [2.24, 2.45) is 5.92 Å². The fraction of sp³-hybridized carbons (Fsp3) is 0.588. The van der Waals surface area contributed by atoms with Crippen LogP contribution < -0.4 is 5.32 Å². The molecule has 0 amide bonds. The second kappa shape index (κ2) is 8.04. The molecule has 2 rings (SSSR count). The molecular weight excluding hydrogens is 246 g/mol. The van der Waals surface area contributed by atoms with Crippen LogP contribution in [0.2, 0.25) is 0 Å². The Balaban J connectivity index is 1.69. The van der Waals surface area contributed by atoms with Crippen molar-refractivity contribution >= 4 is 0 Å². The second-order valence-corrected chi connectivity index (χ2v) is 5.73. The third-order valence-electron chi connectivity index (χ3n) is 4.31. The van der Waals surface area contributed by atoms with Crippen molar-refractivity contribution in [3.63, 3.8) is 0 Å². The largest absolute Gasteiger partial charge is 0.305 e. The van der Waals surface area contributed by atoms with Crippen molar-refractivity contribution in [1.29, 1.82) is 5.26 Å². The minimum absolute atomic E-state index is 0.00274. The van der Waals surface area contributed by atoms with Crippen LogP contribution in [0.5, 0.6) is 0 Å². The maximum absolute atomic E-state index is 8.93. The number of rotatable bonds is 6. The van der Waals surface area contributed by atoms with E-state index in [1.807, 2.05) is 7.05 Å². The van der Waals surface area contributed by atoms with Crippen LogP contribution in [0.15, 0.2) is 30.3 Å². The van der Waals surface area contributed by atoms with Gasteiger partial charge in [0.15, 0.2) is 0 Å². The minimum Gasteiger partial charge on any atom is -0.305 e. The summed E-state index contributed by atoms with van der Waals surface area (Å²) in [6.07, 6.45) is 4.71. The summed E-state index contributed by atoms with van der Waals surface area (Å²) in [5.41, 5.74) is 1.46. The number of likely N-dealkylation sites (tertiary alicyclic amines) is 1. The fourth-order valence-corrected chi connectivity index (χ4v) is 2.95. The molecule has 1 atom stereocenters. The van der Waals surface area contributed by atoms with Gasteiger partial charge in [-0.2, -0.15) is 5.26 Å². The molecule has 0 spiro atoms. The number of nitrogens with zero attached hydrogens (tertiary/aromatic N) is 2. The molecule has 1 aromatic carbocycles. The van der Waals surface area contributed by atoms with Gasteiger partial charge in [-0.1, -0.05) is 30.3 Å². The lowest BCUT2D eigenvalue weighted by molar-refractivity contribution is 0.180. The number of piperidine rings is 1. The molecule has 1 aromatic rings. The van der Waals surface area contributed by atoms with E-state index in [1.165, 1.54) is 37.9 Å². The van der Waals surface area contributed by atoms with Crippen LogP contribution in [0.1, 0.15) is 24.8 Å². The maximum atomic E-state index is 8.93. The molecule has 1 aliphatic heterocycles. The maximum Gasteiger partial charge on any atom is 0.0962 e. The van der Waals surface area contributed by atoms with Gasteiger partial charge in [-0.15, -0.1) is 0 Å². The average Bonchev–Trinajstić information content (AvgIpc) is 2.51. The highest BCUT2D eigenvalue weighted by atomic mass is 15.1. The Morgan fingerprint density at radius 3 is 2.60 bits per heavy atom. The van der Waals surface area contributed by atoms with E-state index < -0.39 is 0 Å². The summed E-state index contributed by atoms with van der Waals surface area (Å²) in [5.74, 6) is 0.824. The van der Waals surface area contributed by atoms with E-state index in [1.54, 1.807) is 0 Å². The van der Waals surface area contributed by atoms with Gasteiger partial charge in [0.25, 0.3) is 0 Å². The van der Waals surface area contributed by atoms with Gasteiger partial charge >= 0.3 is 0 Å². The van der Waals surface area contributed by atoms with Crippen LogP contribution in [-0.2, 0) is 6.42 Å². The van der Waals surface area contributed by atoms with Crippen LogP contribution in [0, 0.1) is 17.2 Å². The highest BCUT2D eigenvalue weighted by Crippen LogP contribution is 2.21. The monoisotopic (exact) mass is 271 g/mol. The van der Waals surface area contributed by atoms with Crippen LogP contribution in [-0.4, -0.2) is 37.6 Å². The van der Waals surface area contributed by atoms with Crippen molar-refractivity contribution in [3.05, 3.63) is 35.9 Å². The summed E-state index contributed by atoms with van der Waals surface area (Å²) in [6, 6.07) is 13.1. The molecule has 1 fully saturated rings. The molecule has 1 unspecified atom stereocenters. The van der Waals surface area contributed by atoms with E-state index in [0.717, 1.165) is 18.9 Å². The van der Waals surface area contributed by atoms with E-state index in [9.17, 15) is 0 Å². The molecular formula is C17H25N3. The molecule has 1 saturated heterocycles. The van der Waals surface area contributed by atoms with Gasteiger partial charge in [0.1, 0.15) is 0 Å². The molecule has 0 bridgehead atoms. The molecule has 20 heavy (non-hydrogen) atoms. The van der Waals surface area contributed by atoms with Gasteiger partial charge in [-0.05, 0) is 57.3 Å². The smallest absolute Gasteiger partial charge is 0.0962 e. The Morgan fingerprint density at radius 1 is 1.30 bits per heavy atom. The standard InChI is InChI=1S/C17H25N3/c1-19-17(14-18)9-12-20-10-7-16(8-11-20)13-15-5-3-2-4-6-15/h2-6,16-17,19H,7-13H2,1H3. The molecule has 108 valence electrons. The van der Waals surface area contributed by atoms with Crippen molar-refractivity contribution < 1.29 is 0 Å². The van der Waals surface area contributed by atoms with Gasteiger partial charge in [0.2, 0.25) is 0 Å². The van der Waals surface area contributed by atoms with Crippen molar-refractivity contribution in [2.75, 3.05) is 26.7 Å². The van der Waals surface area contributed by atoms with Crippen LogP contribution in [0.25, 0.3) is 0 Å². The van der Waals surface area contributed by atoms with Gasteiger partial charge in [0.05, 0.1) is 12.1 Å². The summed E-state index contributed by atoms with van der Waals surface area (Å²) < 4.78 is 0. The molecule has 1 heterocycles. The number of hydrogen-bond donors (Lipinski definition) is 1. The second-order valence-electron chi connectivity index (χ2n) is 5.73. The van der Waals surface area contributed by atoms with E-state index in [0.29, 0.717) is 0 Å². The molecule has 0 aromatic heterocycles. The zero-order valence-corrected chi connectivity index (χ0v) is 12.4. The van der Waals surface area contributed by atoms with E-state index >= 15 is 0 Å². The summed E-state index contributed by atoms with van der Waals surface area (Å²) in [6.45, 7) is 3.40. The Kier molecular flexibility index (Phi) is 6.04. The molecule has 3 nitrogen and oxygen atoms in total. The minimum atomic E-state index is -0.00274. The first kappa shape index (κ1) is 15.0. The van der Waals surface area contributed by atoms with Gasteiger partial charge in [-0.25, -0.2) is 0 Å². The molecule has 3 heteroatoms. The highest BCUT2D eigenvalue weighted by molar-refractivity contribution is 5.15. The lowest BCUT2D eigenvalue weighted by Crippen LogP contribution is -2.37. The summed E-state index contributed by atoms with van der Waals surface area (Å²) in [7, 11) is 1.86. The van der Waals surface area contributed by atoms with Gasteiger partial charge < -0.3 is 10.2 Å². The molecule has 0 aliphatic carbocycles. The molecule has 0 radical (unpaired) electrons. The number of benzene rings is 1. The summed E-state index contributed by atoms with van der Waals surface area (Å²) in [5, 5.41) is 12.0. The topological polar surface area (TPSA) is 39.1 Å². The SMILES string of the molecule is CNC(C#N)CCN1CCC(Cc2ccccc2)CC1. The Labute approximate surface area is 122 Å². The van der Waals surface area contributed by atoms with E-state index in [2.05, 4.69) is 46.6 Å². The summed E-state index contributed by atoms with van der Waals surface area (Å²) >= 11 is 0. The predicted octanol–water partition coefficient (Wildman–Crippen LogP) is 2.44. The van der Waals surface area contributed by atoms with Crippen LogP contribution >= 0.6 is 0 Å². The average molecular weight is 271 g/mol. The number of nitrogens with one attached hydrogen (secondary N) is 1. The molecule has 1 aliphatic rings. The Hall–Kier alpha value is -1.37. The zero-order chi connectivity index (χ0) is 14.2. The lowest BCUT2D eigenvalue weighted by Gasteiger charge is -2.32.